The molecule has 29 heavy (non-hydrogen) atoms. The van der Waals surface area contributed by atoms with Gasteiger partial charge in [0.1, 0.15) is 11.9 Å². The number of halogens is 2. The van der Waals surface area contributed by atoms with Gasteiger partial charge in [-0.3, -0.25) is 4.79 Å². The highest BCUT2D eigenvalue weighted by Gasteiger charge is 2.30. The van der Waals surface area contributed by atoms with Gasteiger partial charge in [-0.1, -0.05) is 54.7 Å². The zero-order valence-corrected chi connectivity index (χ0v) is 18.1. The fourth-order valence-electron chi connectivity index (χ4n) is 4.19. The van der Waals surface area contributed by atoms with Crippen LogP contribution in [0.25, 0.3) is 11.0 Å². The molecule has 1 saturated heterocycles. The van der Waals surface area contributed by atoms with E-state index in [1.54, 1.807) is 6.07 Å². The van der Waals surface area contributed by atoms with E-state index in [4.69, 9.17) is 28.2 Å². The van der Waals surface area contributed by atoms with Crippen LogP contribution in [0.15, 0.2) is 42.5 Å². The summed E-state index contributed by atoms with van der Waals surface area (Å²) in [5, 5.41) is 1.23. The van der Waals surface area contributed by atoms with Crippen molar-refractivity contribution in [1.29, 1.82) is 0 Å². The van der Waals surface area contributed by atoms with Crippen molar-refractivity contribution in [2.24, 2.45) is 0 Å². The van der Waals surface area contributed by atoms with Gasteiger partial charge in [0.25, 0.3) is 0 Å². The predicted molar refractivity (Wildman–Crippen MR) is 119 cm³/mol. The van der Waals surface area contributed by atoms with Gasteiger partial charge >= 0.3 is 0 Å². The third kappa shape index (κ3) is 4.15. The number of amides is 1. The quantitative estimate of drug-likeness (QED) is 0.489. The Hall–Kier alpha value is -2.04. The topological polar surface area (TPSA) is 38.1 Å². The molecule has 0 aliphatic carbocycles. The fourth-order valence-corrected chi connectivity index (χ4v) is 4.66. The number of aromatic nitrogens is 2. The molecule has 1 unspecified atom stereocenters. The van der Waals surface area contributed by atoms with Crippen LogP contribution in [0.3, 0.4) is 0 Å². The van der Waals surface area contributed by atoms with Crippen molar-refractivity contribution in [1.82, 2.24) is 14.5 Å². The monoisotopic (exact) mass is 429 g/mol. The Bertz CT molecular complexity index is 1020. The third-order valence-electron chi connectivity index (χ3n) is 5.61. The molecule has 152 valence electrons. The van der Waals surface area contributed by atoms with Gasteiger partial charge in [-0.15, -0.1) is 0 Å². The number of likely N-dealkylation sites (tertiary alicyclic amines) is 1. The van der Waals surface area contributed by atoms with E-state index in [9.17, 15) is 4.79 Å². The average molecular weight is 430 g/mol. The van der Waals surface area contributed by atoms with Gasteiger partial charge in [-0.25, -0.2) is 4.98 Å². The van der Waals surface area contributed by atoms with E-state index in [1.807, 2.05) is 35.2 Å². The van der Waals surface area contributed by atoms with Crippen LogP contribution < -0.4 is 0 Å². The maximum absolute atomic E-state index is 13.4. The van der Waals surface area contributed by atoms with Crippen molar-refractivity contribution in [2.75, 3.05) is 13.1 Å². The molecule has 0 bridgehead atoms. The number of imidazole rings is 1. The second kappa shape index (κ2) is 8.76. The average Bonchev–Trinajstić information content (AvgIpc) is 3.36. The second-order valence-electron chi connectivity index (χ2n) is 7.64. The summed E-state index contributed by atoms with van der Waals surface area (Å²) in [5.74, 6) is 1.07. The first-order chi connectivity index (χ1) is 14.1. The van der Waals surface area contributed by atoms with E-state index in [0.717, 1.165) is 61.2 Å². The number of carbonyl (C=O) groups excluding carboxylic acids is 1. The van der Waals surface area contributed by atoms with E-state index in [-0.39, 0.29) is 11.9 Å². The van der Waals surface area contributed by atoms with Crippen LogP contribution in [0.2, 0.25) is 10.0 Å². The van der Waals surface area contributed by atoms with E-state index in [2.05, 4.69) is 17.6 Å². The van der Waals surface area contributed by atoms with E-state index >= 15 is 0 Å². The summed E-state index contributed by atoms with van der Waals surface area (Å²) in [6, 6.07) is 13.3. The molecule has 1 amide bonds. The molecule has 0 radical (unpaired) electrons. The molecule has 1 atom stereocenters. The van der Waals surface area contributed by atoms with Gasteiger partial charge in [-0.05, 0) is 49.1 Å². The molecule has 2 aromatic carbocycles. The number of rotatable bonds is 6. The molecule has 4 nitrogen and oxygen atoms in total. The molecule has 4 rings (SSSR count). The number of fused-ring (bicyclic) bond motifs is 1. The summed E-state index contributed by atoms with van der Waals surface area (Å²) in [6.45, 7) is 3.83. The highest BCUT2D eigenvalue weighted by atomic mass is 35.5. The van der Waals surface area contributed by atoms with Gasteiger partial charge in [0.2, 0.25) is 5.91 Å². The number of hydrogen-bond acceptors (Lipinski definition) is 2. The summed E-state index contributed by atoms with van der Waals surface area (Å²) in [6.07, 6.45) is 4.44. The lowest BCUT2D eigenvalue weighted by Gasteiger charge is -2.26. The summed E-state index contributed by atoms with van der Waals surface area (Å²) in [7, 11) is 0. The van der Waals surface area contributed by atoms with E-state index in [0.29, 0.717) is 16.5 Å². The van der Waals surface area contributed by atoms with Crippen LogP contribution >= 0.6 is 23.2 Å². The first-order valence-electron chi connectivity index (χ1n) is 10.3. The molecule has 6 heteroatoms. The van der Waals surface area contributed by atoms with Crippen molar-refractivity contribution in [3.05, 3.63) is 63.9 Å². The summed E-state index contributed by atoms with van der Waals surface area (Å²) >= 11 is 12.5. The van der Waals surface area contributed by atoms with Crippen molar-refractivity contribution < 1.29 is 4.79 Å². The van der Waals surface area contributed by atoms with Crippen LogP contribution in [0.5, 0.6) is 0 Å². The molecule has 1 fully saturated rings. The highest BCUT2D eigenvalue weighted by molar-refractivity contribution is 6.35. The fraction of sp³-hybridized carbons (Fsp3) is 0.391. The Balaban J connectivity index is 1.80. The molecule has 0 spiro atoms. The zero-order valence-electron chi connectivity index (χ0n) is 16.6. The summed E-state index contributed by atoms with van der Waals surface area (Å²) in [5.41, 5.74) is 2.86. The minimum Gasteiger partial charge on any atom is -0.341 e. The standard InChI is InChI=1S/C23H25Cl2N3O/c1-2-7-21(23(29)27-12-5-6-13-27)28-20-9-4-3-8-19(20)26-22(28)14-16-10-11-17(24)15-18(16)25/h3-4,8-11,15,21H,2,5-7,12-14H2,1H3. The molecular formula is C23H25Cl2N3O. The van der Waals surface area contributed by atoms with Gasteiger partial charge in [0.15, 0.2) is 0 Å². The van der Waals surface area contributed by atoms with Crippen LogP contribution in [-0.2, 0) is 11.2 Å². The first-order valence-corrected chi connectivity index (χ1v) is 11.0. The smallest absolute Gasteiger partial charge is 0.245 e. The number of benzene rings is 2. The highest BCUT2D eigenvalue weighted by Crippen LogP contribution is 2.30. The Kier molecular flexibility index (Phi) is 6.12. The van der Waals surface area contributed by atoms with Gasteiger partial charge in [-0.2, -0.15) is 0 Å². The molecule has 2 heterocycles. The van der Waals surface area contributed by atoms with E-state index in [1.165, 1.54) is 0 Å². The van der Waals surface area contributed by atoms with Crippen LogP contribution in [0.1, 0.15) is 50.0 Å². The normalized spacial score (nSPS) is 15.2. The second-order valence-corrected chi connectivity index (χ2v) is 8.48. The van der Waals surface area contributed by atoms with Crippen molar-refractivity contribution >= 4 is 40.1 Å². The summed E-state index contributed by atoms with van der Waals surface area (Å²) in [4.78, 5) is 20.3. The van der Waals surface area contributed by atoms with Gasteiger partial charge in [0.05, 0.1) is 11.0 Å². The molecule has 3 aromatic rings. The van der Waals surface area contributed by atoms with Gasteiger partial charge in [0, 0.05) is 29.6 Å². The largest absolute Gasteiger partial charge is 0.341 e. The number of para-hydroxylation sites is 2. The van der Waals surface area contributed by atoms with Crippen molar-refractivity contribution in [3.63, 3.8) is 0 Å². The van der Waals surface area contributed by atoms with Crippen LogP contribution in [0.4, 0.5) is 0 Å². The van der Waals surface area contributed by atoms with Gasteiger partial charge < -0.3 is 9.47 Å². The Morgan fingerprint density at radius 2 is 1.90 bits per heavy atom. The molecule has 1 aliphatic heterocycles. The molecule has 1 aliphatic rings. The third-order valence-corrected chi connectivity index (χ3v) is 6.20. The molecule has 0 saturated carbocycles. The van der Waals surface area contributed by atoms with Crippen molar-refractivity contribution in [2.45, 2.75) is 45.1 Å². The van der Waals surface area contributed by atoms with Crippen LogP contribution in [-0.4, -0.2) is 33.4 Å². The molecular weight excluding hydrogens is 405 g/mol. The summed E-state index contributed by atoms with van der Waals surface area (Å²) < 4.78 is 2.14. The van der Waals surface area contributed by atoms with Crippen molar-refractivity contribution in [3.8, 4) is 0 Å². The first kappa shape index (κ1) is 20.2. The number of hydrogen-bond donors (Lipinski definition) is 0. The Labute approximate surface area is 181 Å². The Morgan fingerprint density at radius 3 is 2.62 bits per heavy atom. The van der Waals surface area contributed by atoms with Crippen LogP contribution in [0, 0.1) is 0 Å². The maximum Gasteiger partial charge on any atom is 0.245 e. The minimum atomic E-state index is -0.244. The lowest BCUT2D eigenvalue weighted by atomic mass is 10.1. The molecule has 1 aromatic heterocycles. The SMILES string of the molecule is CCCC(C(=O)N1CCCC1)n1c(Cc2ccc(Cl)cc2Cl)nc2ccccc21. The lowest BCUT2D eigenvalue weighted by Crippen LogP contribution is -2.35. The number of carbonyl (C=O) groups is 1. The lowest BCUT2D eigenvalue weighted by molar-refractivity contribution is -0.133. The number of nitrogens with zero attached hydrogens (tertiary/aromatic N) is 3. The zero-order chi connectivity index (χ0) is 20.4. The van der Waals surface area contributed by atoms with E-state index < -0.39 is 0 Å². The predicted octanol–water partition coefficient (Wildman–Crippen LogP) is 5.90. The maximum atomic E-state index is 13.4. The molecule has 0 N–H and O–H groups in total. The Morgan fingerprint density at radius 1 is 1.14 bits per heavy atom. The minimum absolute atomic E-state index is 0.205.